The number of nitrogens with one attached hydrogen (secondary N) is 1. The van der Waals surface area contributed by atoms with Gasteiger partial charge in [0.2, 0.25) is 5.91 Å². The quantitative estimate of drug-likeness (QED) is 0.0320. The lowest BCUT2D eigenvalue weighted by Crippen LogP contribution is -2.45. The fraction of sp³-hybridized carbons (Fsp3) is 0.928. The monoisotopic (exact) mass is 1250 g/mol. The minimum atomic E-state index is -0.662. The average Bonchev–Trinajstić information content (AvgIpc) is 3.56. The topological polar surface area (TPSA) is 95.9 Å². The number of aliphatic hydroxyl groups excluding tert-OH is 2. The van der Waals surface area contributed by atoms with Crippen LogP contribution in [-0.2, 0) is 14.3 Å². The number of hydrogen-bond acceptors (Lipinski definition) is 5. The van der Waals surface area contributed by atoms with Crippen LogP contribution in [0.4, 0.5) is 0 Å². The second kappa shape index (κ2) is 78.8. The van der Waals surface area contributed by atoms with Crippen LogP contribution in [0.2, 0.25) is 0 Å². The van der Waals surface area contributed by atoms with Gasteiger partial charge >= 0.3 is 5.97 Å². The van der Waals surface area contributed by atoms with E-state index in [1.165, 1.54) is 385 Å². The number of rotatable bonds is 78. The molecule has 1 amide bonds. The van der Waals surface area contributed by atoms with Crippen molar-refractivity contribution < 1.29 is 24.5 Å². The third-order valence-electron chi connectivity index (χ3n) is 19.5. The molecule has 0 bridgehead atoms. The lowest BCUT2D eigenvalue weighted by Gasteiger charge is -2.22. The molecular weight excluding hydrogens is 1090 g/mol. The van der Waals surface area contributed by atoms with E-state index < -0.39 is 12.1 Å². The minimum Gasteiger partial charge on any atom is -0.466 e. The number of unbranched alkanes of at least 4 members (excludes halogenated alkanes) is 63. The van der Waals surface area contributed by atoms with Crippen molar-refractivity contribution in [3.05, 3.63) is 24.3 Å². The summed E-state index contributed by atoms with van der Waals surface area (Å²) in [5, 5.41) is 23.5. The molecule has 0 rings (SSSR count). The van der Waals surface area contributed by atoms with Crippen LogP contribution in [0.3, 0.4) is 0 Å². The summed E-state index contributed by atoms with van der Waals surface area (Å²) in [6.07, 6.45) is 101. The van der Waals surface area contributed by atoms with E-state index in [-0.39, 0.29) is 18.5 Å². The zero-order valence-corrected chi connectivity index (χ0v) is 60.7. The predicted octanol–water partition coefficient (Wildman–Crippen LogP) is 27.2. The molecule has 0 aliphatic heterocycles. The number of carbonyl (C=O) groups is 2. The number of amides is 1. The molecule has 89 heavy (non-hydrogen) atoms. The second-order valence-corrected chi connectivity index (χ2v) is 28.5. The number of ether oxygens (including phenoxy) is 1. The molecule has 0 heterocycles. The Bertz CT molecular complexity index is 1400. The summed E-state index contributed by atoms with van der Waals surface area (Å²) in [5.74, 6) is -0.0144. The van der Waals surface area contributed by atoms with Crippen molar-refractivity contribution in [1.82, 2.24) is 5.32 Å². The van der Waals surface area contributed by atoms with E-state index in [0.29, 0.717) is 25.9 Å². The maximum atomic E-state index is 12.6. The molecule has 3 N–H and O–H groups in total. The van der Waals surface area contributed by atoms with Crippen molar-refractivity contribution in [2.75, 3.05) is 13.2 Å². The summed E-state index contributed by atoms with van der Waals surface area (Å²) in [7, 11) is 0. The molecule has 0 fully saturated rings. The van der Waals surface area contributed by atoms with Crippen LogP contribution in [0.25, 0.3) is 0 Å². The zero-order chi connectivity index (χ0) is 64.2. The fourth-order valence-electron chi connectivity index (χ4n) is 13.3. The van der Waals surface area contributed by atoms with E-state index in [9.17, 15) is 19.8 Å². The number of aliphatic hydroxyl groups is 2. The molecule has 0 aliphatic rings. The van der Waals surface area contributed by atoms with Crippen LogP contribution in [0.5, 0.6) is 0 Å². The highest BCUT2D eigenvalue weighted by Crippen LogP contribution is 2.21. The van der Waals surface area contributed by atoms with Crippen LogP contribution in [0.15, 0.2) is 24.3 Å². The van der Waals surface area contributed by atoms with Crippen LogP contribution in [0.1, 0.15) is 470 Å². The molecule has 0 aromatic rings. The maximum Gasteiger partial charge on any atom is 0.305 e. The van der Waals surface area contributed by atoms with Gasteiger partial charge in [0.15, 0.2) is 0 Å². The van der Waals surface area contributed by atoms with Crippen LogP contribution in [0, 0.1) is 0 Å². The molecule has 0 radical (unpaired) electrons. The van der Waals surface area contributed by atoms with Gasteiger partial charge in [0.25, 0.3) is 0 Å². The molecule has 0 saturated carbocycles. The Morgan fingerprint density at radius 3 is 0.876 bits per heavy atom. The van der Waals surface area contributed by atoms with Gasteiger partial charge in [-0.25, -0.2) is 0 Å². The molecule has 528 valence electrons. The van der Waals surface area contributed by atoms with Crippen LogP contribution >= 0.6 is 0 Å². The number of allylic oxidation sites excluding steroid dienone is 4. The summed E-state index contributed by atoms with van der Waals surface area (Å²) < 4.78 is 5.50. The molecule has 0 spiro atoms. The first-order chi connectivity index (χ1) is 44.0. The molecule has 6 nitrogen and oxygen atoms in total. The Hall–Kier alpha value is -1.66. The standard InChI is InChI=1S/C83H161NO5/c1-3-5-7-9-11-13-15-17-19-20-21-22-38-41-44-48-51-55-59-63-67-71-75-81(86)80(79-85)84-82(87)76-72-68-64-60-56-52-49-45-42-39-36-34-32-30-28-26-24-23-25-27-29-31-33-35-37-40-43-46-50-54-58-62-66-70-74-78-89-83(88)77-73-69-65-61-57-53-47-18-16-14-12-10-8-6-4-2/h12,14,18,47,80-81,85-86H,3-11,13,15-17,19-46,48-79H2,1-2H3,(H,84,87)/b14-12-,47-18-. The normalized spacial score (nSPS) is 12.5. The minimum absolute atomic E-state index is 0.00950. The molecule has 0 saturated heterocycles. The largest absolute Gasteiger partial charge is 0.466 e. The summed E-state index contributed by atoms with van der Waals surface area (Å²) in [4.78, 5) is 24.7. The van der Waals surface area contributed by atoms with Gasteiger partial charge in [-0.05, 0) is 57.8 Å². The molecule has 0 aliphatic carbocycles. The molecule has 2 unspecified atom stereocenters. The van der Waals surface area contributed by atoms with Crippen LogP contribution < -0.4 is 5.32 Å². The third-order valence-corrected chi connectivity index (χ3v) is 19.5. The van der Waals surface area contributed by atoms with Gasteiger partial charge in [-0.2, -0.15) is 0 Å². The SMILES string of the molecule is CCCCC/C=C\C/C=C\CCCCCCCC(=O)OCCCCCCCCCCCCCCCCCCCCCCCCCCCCCCCCCCCCCC(=O)NC(CO)C(O)CCCCCCCCCCCCCCCCCCCCCCCC. The Balaban J connectivity index is 3.32. The third kappa shape index (κ3) is 75.3. The van der Waals surface area contributed by atoms with E-state index in [4.69, 9.17) is 4.74 Å². The smallest absolute Gasteiger partial charge is 0.305 e. The number of esters is 1. The van der Waals surface area contributed by atoms with Gasteiger partial charge in [-0.3, -0.25) is 9.59 Å². The van der Waals surface area contributed by atoms with E-state index in [0.717, 1.165) is 51.4 Å². The first-order valence-corrected chi connectivity index (χ1v) is 41.1. The van der Waals surface area contributed by atoms with Gasteiger partial charge in [-0.15, -0.1) is 0 Å². The number of hydrogen-bond donors (Lipinski definition) is 3. The van der Waals surface area contributed by atoms with E-state index in [2.05, 4.69) is 43.5 Å². The highest BCUT2D eigenvalue weighted by atomic mass is 16.5. The fourth-order valence-corrected chi connectivity index (χ4v) is 13.3. The molecule has 6 heteroatoms. The van der Waals surface area contributed by atoms with Gasteiger partial charge in [-0.1, -0.05) is 423 Å². The lowest BCUT2D eigenvalue weighted by atomic mass is 10.0. The van der Waals surface area contributed by atoms with E-state index in [1.807, 2.05) is 0 Å². The Labute approximate surface area is 558 Å². The lowest BCUT2D eigenvalue weighted by molar-refractivity contribution is -0.143. The summed E-state index contributed by atoms with van der Waals surface area (Å²) in [6, 6.07) is -0.538. The zero-order valence-electron chi connectivity index (χ0n) is 60.7. The first kappa shape index (κ1) is 87.3. The van der Waals surface area contributed by atoms with Gasteiger partial charge in [0.1, 0.15) is 0 Å². The molecule has 0 aromatic carbocycles. The van der Waals surface area contributed by atoms with Crippen molar-refractivity contribution in [3.8, 4) is 0 Å². The van der Waals surface area contributed by atoms with Gasteiger partial charge in [0, 0.05) is 12.8 Å². The van der Waals surface area contributed by atoms with E-state index >= 15 is 0 Å². The highest BCUT2D eigenvalue weighted by molar-refractivity contribution is 5.76. The van der Waals surface area contributed by atoms with Crippen molar-refractivity contribution in [2.24, 2.45) is 0 Å². The van der Waals surface area contributed by atoms with Crippen LogP contribution in [-0.4, -0.2) is 47.4 Å². The predicted molar refractivity (Wildman–Crippen MR) is 393 cm³/mol. The maximum absolute atomic E-state index is 12.6. The molecular formula is C83H161NO5. The van der Waals surface area contributed by atoms with Crippen molar-refractivity contribution >= 4 is 11.9 Å². The summed E-state index contributed by atoms with van der Waals surface area (Å²) >= 11 is 0. The highest BCUT2D eigenvalue weighted by Gasteiger charge is 2.20. The molecule has 2 atom stereocenters. The van der Waals surface area contributed by atoms with Crippen molar-refractivity contribution in [3.63, 3.8) is 0 Å². The average molecular weight is 1250 g/mol. The van der Waals surface area contributed by atoms with Gasteiger partial charge < -0.3 is 20.3 Å². The summed E-state index contributed by atoms with van der Waals surface area (Å²) in [5.41, 5.74) is 0. The Morgan fingerprint density at radius 1 is 0.315 bits per heavy atom. The van der Waals surface area contributed by atoms with Crippen molar-refractivity contribution in [2.45, 2.75) is 482 Å². The van der Waals surface area contributed by atoms with Crippen molar-refractivity contribution in [1.29, 1.82) is 0 Å². The number of carbonyl (C=O) groups excluding carboxylic acids is 2. The Kier molecular flexibility index (Phi) is 77.3. The summed E-state index contributed by atoms with van der Waals surface area (Å²) in [6.45, 7) is 4.98. The molecule has 0 aromatic heterocycles. The first-order valence-electron chi connectivity index (χ1n) is 41.1. The van der Waals surface area contributed by atoms with Gasteiger partial charge in [0.05, 0.1) is 25.4 Å². The second-order valence-electron chi connectivity index (χ2n) is 28.5. The van der Waals surface area contributed by atoms with E-state index in [1.54, 1.807) is 0 Å². The Morgan fingerprint density at radius 2 is 0.562 bits per heavy atom.